The summed E-state index contributed by atoms with van der Waals surface area (Å²) in [4.78, 5) is 0. The molecule has 0 aliphatic carbocycles. The lowest BCUT2D eigenvalue weighted by atomic mass is 9.69. The number of benzene rings is 2. The topological polar surface area (TPSA) is 80.9 Å². The Labute approximate surface area is 105 Å². The quantitative estimate of drug-likeness (QED) is 0.581. The number of rotatable bonds is 3. The van der Waals surface area contributed by atoms with Gasteiger partial charge in [-0.2, -0.15) is 0 Å². The maximum atomic E-state index is 9.25. The fraction of sp³-hybridized carbons (Fsp3) is 0. The molecule has 0 aliphatic rings. The summed E-state index contributed by atoms with van der Waals surface area (Å²) >= 11 is 0. The van der Waals surface area contributed by atoms with E-state index in [9.17, 15) is 10.0 Å². The fourth-order valence-corrected chi connectivity index (χ4v) is 1.86. The van der Waals surface area contributed by atoms with Crippen LogP contribution < -0.4 is 0 Å². The first kappa shape index (κ1) is 12.9. The minimum Gasteiger partial charge on any atom is -0.424 e. The molecule has 0 bridgehead atoms. The van der Waals surface area contributed by atoms with Gasteiger partial charge in [0.05, 0.1) is 0 Å². The predicted octanol–water partition coefficient (Wildman–Crippen LogP) is 0.247. The van der Waals surface area contributed by atoms with Gasteiger partial charge in [-0.05, 0) is 27.9 Å². The van der Waals surface area contributed by atoms with Crippen molar-refractivity contribution in [1.82, 2.24) is 0 Å². The molecule has 2 rings (SSSR count). The van der Waals surface area contributed by atoms with Gasteiger partial charge in [-0.1, -0.05) is 42.4 Å². The van der Waals surface area contributed by atoms with Gasteiger partial charge in [0.25, 0.3) is 0 Å². The summed E-state index contributed by atoms with van der Waals surface area (Å²) in [5.41, 5.74) is 0.604. The monoisotopic (exact) mass is 242 g/mol. The Morgan fingerprint density at radius 1 is 0.889 bits per heavy atom. The second-order valence-electron chi connectivity index (χ2n) is 3.97. The third kappa shape index (κ3) is 2.80. The molecule has 0 atom stereocenters. The average Bonchev–Trinajstić information content (AvgIpc) is 2.35. The second kappa shape index (κ2) is 5.37. The molecule has 0 saturated carbocycles. The van der Waals surface area contributed by atoms with Crippen LogP contribution in [0.25, 0.3) is 16.2 Å². The normalized spacial score (nSPS) is 11.7. The SMILES string of the molecule is OB(O)/C=C(\B(O)O)c1ccc2ccccc2c1. The van der Waals surface area contributed by atoms with Crippen LogP contribution >= 0.6 is 0 Å². The number of hydrogen-bond donors (Lipinski definition) is 4. The zero-order chi connectivity index (χ0) is 13.1. The molecule has 0 spiro atoms. The Bertz CT molecular complexity index is 581. The molecule has 2 aromatic carbocycles. The molecule has 0 unspecified atom stereocenters. The fourth-order valence-electron chi connectivity index (χ4n) is 1.86. The van der Waals surface area contributed by atoms with Crippen LogP contribution in [0.5, 0.6) is 0 Å². The lowest BCUT2D eigenvalue weighted by molar-refractivity contribution is 0.419. The first-order chi connectivity index (χ1) is 8.58. The van der Waals surface area contributed by atoms with Crippen LogP contribution in [-0.4, -0.2) is 34.3 Å². The summed E-state index contributed by atoms with van der Waals surface area (Å²) < 4.78 is 0. The highest BCUT2D eigenvalue weighted by atomic mass is 16.4. The Kier molecular flexibility index (Phi) is 3.84. The molecule has 2 aromatic rings. The Balaban J connectivity index is 2.51. The number of fused-ring (bicyclic) bond motifs is 1. The molecule has 4 N–H and O–H groups in total. The van der Waals surface area contributed by atoms with Gasteiger partial charge in [-0.3, -0.25) is 0 Å². The Hall–Kier alpha value is -1.59. The van der Waals surface area contributed by atoms with E-state index in [4.69, 9.17) is 10.0 Å². The van der Waals surface area contributed by atoms with E-state index in [1.807, 2.05) is 30.3 Å². The van der Waals surface area contributed by atoms with E-state index in [1.165, 1.54) is 0 Å². The van der Waals surface area contributed by atoms with Crippen molar-refractivity contribution < 1.29 is 20.1 Å². The van der Waals surface area contributed by atoms with Crippen molar-refractivity contribution in [3.63, 3.8) is 0 Å². The molecule has 0 radical (unpaired) electrons. The summed E-state index contributed by atoms with van der Waals surface area (Å²) in [7, 11) is -3.48. The third-order valence-electron chi connectivity index (χ3n) is 2.69. The van der Waals surface area contributed by atoms with E-state index in [0.717, 1.165) is 16.7 Å². The summed E-state index contributed by atoms with van der Waals surface area (Å²) in [6.07, 6.45) is 0. The van der Waals surface area contributed by atoms with Crippen LogP contribution in [0.2, 0.25) is 0 Å². The van der Waals surface area contributed by atoms with Crippen molar-refractivity contribution in [1.29, 1.82) is 0 Å². The predicted molar refractivity (Wildman–Crippen MR) is 72.3 cm³/mol. The molecule has 90 valence electrons. The van der Waals surface area contributed by atoms with Gasteiger partial charge in [-0.15, -0.1) is 0 Å². The van der Waals surface area contributed by atoms with Crippen molar-refractivity contribution in [2.75, 3.05) is 0 Å². The van der Waals surface area contributed by atoms with Gasteiger partial charge >= 0.3 is 14.2 Å². The van der Waals surface area contributed by atoms with Crippen LogP contribution in [0.4, 0.5) is 0 Å². The molecule has 0 aromatic heterocycles. The average molecular weight is 242 g/mol. The minimum atomic E-state index is -1.76. The second-order valence-corrected chi connectivity index (χ2v) is 3.97. The van der Waals surface area contributed by atoms with Crippen molar-refractivity contribution in [3.05, 3.63) is 54.0 Å². The maximum Gasteiger partial charge on any atom is 0.488 e. The van der Waals surface area contributed by atoms with Crippen molar-refractivity contribution in [3.8, 4) is 0 Å². The van der Waals surface area contributed by atoms with E-state index in [-0.39, 0.29) is 5.47 Å². The van der Waals surface area contributed by atoms with Crippen molar-refractivity contribution in [2.24, 2.45) is 0 Å². The Morgan fingerprint density at radius 3 is 2.17 bits per heavy atom. The van der Waals surface area contributed by atoms with Gasteiger partial charge in [0.1, 0.15) is 0 Å². The largest absolute Gasteiger partial charge is 0.488 e. The van der Waals surface area contributed by atoms with Crippen LogP contribution in [-0.2, 0) is 0 Å². The van der Waals surface area contributed by atoms with Gasteiger partial charge in [0.2, 0.25) is 0 Å². The highest BCUT2D eigenvalue weighted by molar-refractivity contribution is 6.69. The van der Waals surface area contributed by atoms with Crippen LogP contribution in [0.1, 0.15) is 5.56 Å². The minimum absolute atomic E-state index is 0.0655. The van der Waals surface area contributed by atoms with Gasteiger partial charge < -0.3 is 20.1 Å². The lowest BCUT2D eigenvalue weighted by Gasteiger charge is -2.08. The smallest absolute Gasteiger partial charge is 0.424 e. The van der Waals surface area contributed by atoms with E-state index >= 15 is 0 Å². The Morgan fingerprint density at radius 2 is 1.56 bits per heavy atom. The molecule has 0 aliphatic heterocycles. The molecule has 6 heteroatoms. The van der Waals surface area contributed by atoms with Gasteiger partial charge in [0.15, 0.2) is 0 Å². The van der Waals surface area contributed by atoms with Crippen LogP contribution in [0.15, 0.2) is 48.4 Å². The zero-order valence-electron chi connectivity index (χ0n) is 9.56. The molecule has 0 heterocycles. The van der Waals surface area contributed by atoms with E-state index < -0.39 is 14.2 Å². The van der Waals surface area contributed by atoms with Crippen LogP contribution in [0, 0.1) is 0 Å². The molecule has 0 fully saturated rings. The first-order valence-corrected chi connectivity index (χ1v) is 5.51. The van der Waals surface area contributed by atoms with Crippen molar-refractivity contribution in [2.45, 2.75) is 0 Å². The molecular weight excluding hydrogens is 230 g/mol. The standard InChI is InChI=1S/C12H12B2O4/c15-13(16)8-12(14(17)18)11-6-5-9-3-1-2-4-10(9)7-11/h1-8,15-18H/b12-8-. The highest BCUT2D eigenvalue weighted by Gasteiger charge is 2.19. The van der Waals surface area contributed by atoms with Crippen molar-refractivity contribution >= 4 is 30.5 Å². The molecule has 0 amide bonds. The summed E-state index contributed by atoms with van der Waals surface area (Å²) in [6.45, 7) is 0. The maximum absolute atomic E-state index is 9.25. The van der Waals surface area contributed by atoms with E-state index in [2.05, 4.69) is 0 Å². The zero-order valence-corrected chi connectivity index (χ0v) is 9.56. The molecule has 0 saturated heterocycles. The van der Waals surface area contributed by atoms with E-state index in [0.29, 0.717) is 5.56 Å². The number of hydrogen-bond acceptors (Lipinski definition) is 4. The summed E-state index contributed by atoms with van der Waals surface area (Å²) in [6, 6.07) is 12.9. The summed E-state index contributed by atoms with van der Waals surface area (Å²) in [5, 5.41) is 38.3. The van der Waals surface area contributed by atoms with E-state index in [1.54, 1.807) is 12.1 Å². The molecular formula is C12H12B2O4. The molecule has 4 nitrogen and oxygen atoms in total. The highest BCUT2D eigenvalue weighted by Crippen LogP contribution is 2.21. The first-order valence-electron chi connectivity index (χ1n) is 5.51. The van der Waals surface area contributed by atoms with Gasteiger partial charge in [0, 0.05) is 0 Å². The third-order valence-corrected chi connectivity index (χ3v) is 2.69. The lowest BCUT2D eigenvalue weighted by Crippen LogP contribution is -2.18. The summed E-state index contributed by atoms with van der Waals surface area (Å²) in [5.74, 6) is 0.995. The molecule has 18 heavy (non-hydrogen) atoms. The van der Waals surface area contributed by atoms with Crippen LogP contribution in [0.3, 0.4) is 0 Å². The van der Waals surface area contributed by atoms with Gasteiger partial charge in [-0.25, -0.2) is 0 Å².